The molecule has 0 radical (unpaired) electrons. The second-order valence-electron chi connectivity index (χ2n) is 6.15. The molecule has 0 saturated carbocycles. The first-order valence-corrected chi connectivity index (χ1v) is 10.8. The fraction of sp³-hybridized carbons (Fsp3) is 0.235. The zero-order valence-corrected chi connectivity index (χ0v) is 21.5. The molecule has 0 aliphatic heterocycles. The van der Waals surface area contributed by atoms with Gasteiger partial charge in [0.1, 0.15) is 19.0 Å². The van der Waals surface area contributed by atoms with Gasteiger partial charge in [0.25, 0.3) is 0 Å². The predicted molar refractivity (Wildman–Crippen MR) is 130 cm³/mol. The van der Waals surface area contributed by atoms with Crippen molar-refractivity contribution >= 4 is 5.97 Å². The molecule has 25 nitrogen and oxygen atoms in total. The molecule has 216 valence electrons. The molecule has 2 aromatic rings. The summed E-state index contributed by atoms with van der Waals surface area (Å²) < 4.78 is 15.8. The lowest BCUT2D eigenvalue weighted by atomic mass is 10.2. The Kier molecular flexibility index (Phi) is 16.0. The highest BCUT2D eigenvalue weighted by molar-refractivity contribution is 5.90. The van der Waals surface area contributed by atoms with Gasteiger partial charge in [-0.2, -0.15) is 5.11 Å². The zero-order valence-electron chi connectivity index (χ0n) is 21.5. The second-order valence-corrected chi connectivity index (χ2v) is 6.15. The molecule has 0 fully saturated rings. The van der Waals surface area contributed by atoms with Crippen LogP contribution in [0.4, 0.5) is 0 Å². The van der Waals surface area contributed by atoms with E-state index in [0.29, 0.717) is 5.75 Å². The van der Waals surface area contributed by atoms with Gasteiger partial charge in [0, 0.05) is 52.2 Å². The van der Waals surface area contributed by atoms with Crippen molar-refractivity contribution in [3.8, 4) is 17.2 Å². The quantitative estimate of drug-likeness (QED) is 0.0856. The fourth-order valence-corrected chi connectivity index (χ4v) is 2.17. The molecule has 0 aliphatic rings. The molecule has 0 heterocycles. The number of carbonyl (C=O) groups excluding carboxylic acids is 1. The van der Waals surface area contributed by atoms with E-state index >= 15 is 0 Å². The van der Waals surface area contributed by atoms with Crippen molar-refractivity contribution in [2.75, 3.05) is 27.4 Å². The summed E-state index contributed by atoms with van der Waals surface area (Å²) in [5, 5.41) is 62.2. The lowest BCUT2D eigenvalue weighted by Gasteiger charge is -2.09. The van der Waals surface area contributed by atoms with Gasteiger partial charge in [0.2, 0.25) is 5.75 Å². The minimum atomic E-state index is -0.581. The topological polar surface area (TPSA) is 301 Å². The SMILES string of the molecule is CN=NN=NN=NN=NN=NN=NN=NN=NN=NN=NOc1ccc(C(=O)OCCOc2ccccc2)cc1OC. The number of hydrogen-bond donors (Lipinski definition) is 0. The molecular formula is C17H18N20O5. The maximum atomic E-state index is 12.3. The number of esters is 1. The first kappa shape index (κ1) is 31.5. The van der Waals surface area contributed by atoms with Crippen molar-refractivity contribution < 1.29 is 23.8 Å². The molecule has 0 unspecified atom stereocenters. The molecule has 0 bridgehead atoms. The van der Waals surface area contributed by atoms with Crippen molar-refractivity contribution in [1.29, 1.82) is 0 Å². The van der Waals surface area contributed by atoms with Gasteiger partial charge in [0.05, 0.1) is 25.0 Å². The monoisotopic (exact) mass is 582 g/mol. The van der Waals surface area contributed by atoms with Crippen LogP contribution in [0.25, 0.3) is 0 Å². The Bertz CT molecular complexity index is 1390. The Hall–Kier alpha value is -6.69. The van der Waals surface area contributed by atoms with Crippen LogP contribution in [-0.2, 0) is 4.74 Å². The van der Waals surface area contributed by atoms with Crippen LogP contribution in [0.1, 0.15) is 10.4 Å². The van der Waals surface area contributed by atoms with E-state index < -0.39 is 5.97 Å². The summed E-state index contributed by atoms with van der Waals surface area (Å²) in [6, 6.07) is 13.4. The molecule has 0 spiro atoms. The normalized spacial score (nSPS) is 12.8. The van der Waals surface area contributed by atoms with Gasteiger partial charge in [0.15, 0.2) is 5.75 Å². The van der Waals surface area contributed by atoms with Crippen molar-refractivity contribution in [1.82, 2.24) is 0 Å². The molecular weight excluding hydrogens is 564 g/mol. The van der Waals surface area contributed by atoms with Crippen LogP contribution in [-0.4, -0.2) is 33.3 Å². The third-order valence-electron chi connectivity index (χ3n) is 3.67. The predicted octanol–water partition coefficient (Wildman–Crippen LogP) is 6.61. The van der Waals surface area contributed by atoms with Gasteiger partial charge in [-0.15, -0.1) is 0 Å². The lowest BCUT2D eigenvalue weighted by molar-refractivity contribution is 0.0450. The number of benzene rings is 2. The standard InChI is InChI=1S/C17H18N20O5/c1-18-19-20-21-22-23-24-25-26-27-28-29-30-31-32-33-34-35-36-37-42-15-9-8-13(12-16(15)39-2)17(38)41-11-10-40-14-6-4-3-5-7-14/h3-9,12H,10-11H2,1-2H3. The summed E-state index contributed by atoms with van der Waals surface area (Å²) >= 11 is 0. The number of methoxy groups -OCH3 is 1. The number of rotatable bonds is 17. The number of ether oxygens (including phenoxy) is 3. The Labute approximate surface area is 233 Å². The highest BCUT2D eigenvalue weighted by atomic mass is 16.7. The van der Waals surface area contributed by atoms with Crippen molar-refractivity contribution in [2.45, 2.75) is 0 Å². The zero-order chi connectivity index (χ0) is 29.9. The van der Waals surface area contributed by atoms with E-state index in [1.807, 2.05) is 18.2 Å². The van der Waals surface area contributed by atoms with Crippen LogP contribution in [0.15, 0.2) is 153 Å². The largest absolute Gasteiger partial charge is 0.493 e. The van der Waals surface area contributed by atoms with Gasteiger partial charge in [-0.25, -0.2) is 4.79 Å². The molecule has 25 heteroatoms. The van der Waals surface area contributed by atoms with Crippen LogP contribution in [0.2, 0.25) is 0 Å². The lowest BCUT2D eigenvalue weighted by Crippen LogP contribution is -2.12. The van der Waals surface area contributed by atoms with E-state index in [0.717, 1.165) is 0 Å². The van der Waals surface area contributed by atoms with Gasteiger partial charge in [-0.05, 0) is 72.1 Å². The molecule has 42 heavy (non-hydrogen) atoms. The molecule has 2 aromatic carbocycles. The summed E-state index contributed by atoms with van der Waals surface area (Å²) in [6.45, 7) is 0.243. The van der Waals surface area contributed by atoms with E-state index in [4.69, 9.17) is 19.0 Å². The van der Waals surface area contributed by atoms with Crippen molar-refractivity contribution in [2.24, 2.45) is 104 Å². The minimum absolute atomic E-state index is 0.0507. The average Bonchev–Trinajstić information content (AvgIpc) is 3.02. The highest BCUT2D eigenvalue weighted by Crippen LogP contribution is 2.28. The van der Waals surface area contributed by atoms with E-state index in [2.05, 4.69) is 104 Å². The first-order chi connectivity index (χ1) is 20.7. The Balaban J connectivity index is 1.68. The van der Waals surface area contributed by atoms with Crippen LogP contribution in [0.3, 0.4) is 0 Å². The van der Waals surface area contributed by atoms with Crippen LogP contribution >= 0.6 is 0 Å². The average molecular weight is 582 g/mol. The van der Waals surface area contributed by atoms with Gasteiger partial charge >= 0.3 is 5.97 Å². The minimum Gasteiger partial charge on any atom is -0.493 e. The van der Waals surface area contributed by atoms with Crippen molar-refractivity contribution in [3.63, 3.8) is 0 Å². The van der Waals surface area contributed by atoms with Crippen LogP contribution in [0.5, 0.6) is 17.2 Å². The molecule has 0 aliphatic carbocycles. The third-order valence-corrected chi connectivity index (χ3v) is 3.67. The highest BCUT2D eigenvalue weighted by Gasteiger charge is 2.13. The molecule has 0 N–H and O–H groups in total. The number of hydrogen-bond acceptors (Lipinski definition) is 7. The number of carbonyl (C=O) groups is 1. The summed E-state index contributed by atoms with van der Waals surface area (Å²) in [7, 11) is 2.76. The number of nitrogens with zero attached hydrogens (tertiary/aromatic N) is 20. The van der Waals surface area contributed by atoms with E-state index in [1.54, 1.807) is 12.1 Å². The maximum Gasteiger partial charge on any atom is 0.338 e. The summed E-state index contributed by atoms with van der Waals surface area (Å²) in [5.74, 6) is 0.401. The van der Waals surface area contributed by atoms with Crippen molar-refractivity contribution in [3.05, 3.63) is 54.1 Å². The molecule has 0 saturated heterocycles. The maximum absolute atomic E-state index is 12.3. The second kappa shape index (κ2) is 21.3. The fourth-order valence-electron chi connectivity index (χ4n) is 2.17. The molecule has 0 aromatic heterocycles. The van der Waals surface area contributed by atoms with Crippen LogP contribution in [0, 0.1) is 0 Å². The molecule has 0 atom stereocenters. The van der Waals surface area contributed by atoms with Gasteiger partial charge in [-0.3, -0.25) is 0 Å². The van der Waals surface area contributed by atoms with Gasteiger partial charge in [-0.1, -0.05) is 18.2 Å². The van der Waals surface area contributed by atoms with E-state index in [9.17, 15) is 4.79 Å². The first-order valence-electron chi connectivity index (χ1n) is 10.8. The molecule has 2 rings (SSSR count). The summed E-state index contributed by atoms with van der Waals surface area (Å²) in [4.78, 5) is 17.3. The summed E-state index contributed by atoms with van der Waals surface area (Å²) in [5.41, 5.74) is 0.220. The smallest absolute Gasteiger partial charge is 0.338 e. The number of para-hydroxylation sites is 1. The van der Waals surface area contributed by atoms with E-state index in [-0.39, 0.29) is 30.3 Å². The van der Waals surface area contributed by atoms with E-state index in [1.165, 1.54) is 32.4 Å². The van der Waals surface area contributed by atoms with Crippen LogP contribution < -0.4 is 14.3 Å². The van der Waals surface area contributed by atoms with Gasteiger partial charge < -0.3 is 19.0 Å². The molecule has 0 amide bonds. The third kappa shape index (κ3) is 14.3. The Morgan fingerprint density at radius 2 is 1.14 bits per heavy atom. The summed E-state index contributed by atoms with van der Waals surface area (Å²) in [6.07, 6.45) is 0. The Morgan fingerprint density at radius 1 is 0.619 bits per heavy atom. The Morgan fingerprint density at radius 3 is 1.67 bits per heavy atom.